The molecule has 1 aromatic heterocycles. The van der Waals surface area contributed by atoms with Crippen LogP contribution < -0.4 is 4.74 Å². The summed E-state index contributed by atoms with van der Waals surface area (Å²) in [5, 5.41) is 3.93. The molecule has 0 N–H and O–H groups in total. The Morgan fingerprint density at radius 1 is 1.00 bits per heavy atom. The molecule has 0 bridgehead atoms. The molecule has 2 aromatic carbocycles. The normalized spacial score (nSPS) is 10.9. The number of hydrogen-bond donors (Lipinski definition) is 0. The fourth-order valence-electron chi connectivity index (χ4n) is 2.38. The van der Waals surface area contributed by atoms with E-state index in [2.05, 4.69) is 43.3 Å². The largest absolute Gasteiger partial charge is 0.489 e. The van der Waals surface area contributed by atoms with Crippen LogP contribution in [0.1, 0.15) is 30.9 Å². The average molecular weight is 293 g/mol. The smallest absolute Gasteiger partial charge is 0.124 e. The van der Waals surface area contributed by atoms with Gasteiger partial charge in [0.05, 0.1) is 0 Å². The summed E-state index contributed by atoms with van der Waals surface area (Å²) in [6.45, 7) is 4.91. The topological polar surface area (TPSA) is 35.3 Å². The van der Waals surface area contributed by atoms with E-state index in [1.54, 1.807) is 6.26 Å². The van der Waals surface area contributed by atoms with Crippen LogP contribution in [0.25, 0.3) is 11.3 Å². The van der Waals surface area contributed by atoms with Crippen LogP contribution in [0, 0.1) is 0 Å². The lowest BCUT2D eigenvalue weighted by molar-refractivity contribution is 0.302. The molecular weight excluding hydrogens is 274 g/mol. The van der Waals surface area contributed by atoms with Crippen molar-refractivity contribution in [3.8, 4) is 17.0 Å². The van der Waals surface area contributed by atoms with Gasteiger partial charge in [0.15, 0.2) is 0 Å². The fraction of sp³-hybridized carbons (Fsp3) is 0.211. The van der Waals surface area contributed by atoms with Crippen LogP contribution in [-0.4, -0.2) is 5.16 Å². The molecule has 112 valence electrons. The van der Waals surface area contributed by atoms with E-state index in [9.17, 15) is 0 Å². The van der Waals surface area contributed by atoms with Crippen molar-refractivity contribution in [3.05, 3.63) is 72.0 Å². The average Bonchev–Trinajstić information content (AvgIpc) is 3.08. The highest BCUT2D eigenvalue weighted by Crippen LogP contribution is 2.26. The van der Waals surface area contributed by atoms with Gasteiger partial charge in [-0.1, -0.05) is 61.5 Å². The zero-order chi connectivity index (χ0) is 15.4. The molecule has 0 fully saturated rings. The molecule has 0 atom stereocenters. The maximum Gasteiger partial charge on any atom is 0.124 e. The van der Waals surface area contributed by atoms with Crippen molar-refractivity contribution in [2.24, 2.45) is 0 Å². The molecule has 0 saturated heterocycles. The van der Waals surface area contributed by atoms with Crippen LogP contribution >= 0.6 is 0 Å². The first-order chi connectivity index (χ1) is 10.7. The molecule has 22 heavy (non-hydrogen) atoms. The highest BCUT2D eigenvalue weighted by atomic mass is 16.5. The van der Waals surface area contributed by atoms with Gasteiger partial charge in [-0.15, -0.1) is 0 Å². The maximum absolute atomic E-state index is 5.98. The summed E-state index contributed by atoms with van der Waals surface area (Å²) in [6, 6.07) is 18.2. The second-order valence-electron chi connectivity index (χ2n) is 5.56. The van der Waals surface area contributed by atoms with E-state index in [0.29, 0.717) is 12.5 Å². The lowest BCUT2D eigenvalue weighted by Gasteiger charge is -2.14. The van der Waals surface area contributed by atoms with E-state index in [0.717, 1.165) is 22.6 Å². The number of nitrogens with zero attached hydrogens (tertiary/aromatic N) is 1. The lowest BCUT2D eigenvalue weighted by Crippen LogP contribution is -1.99. The predicted octanol–water partition coefficient (Wildman–Crippen LogP) is 5.04. The van der Waals surface area contributed by atoms with Gasteiger partial charge in [-0.3, -0.25) is 0 Å². The quantitative estimate of drug-likeness (QED) is 0.660. The van der Waals surface area contributed by atoms with Gasteiger partial charge in [-0.05, 0) is 23.1 Å². The van der Waals surface area contributed by atoms with Crippen molar-refractivity contribution in [2.75, 3.05) is 0 Å². The Kier molecular flexibility index (Phi) is 4.24. The molecule has 0 spiro atoms. The molecule has 0 radical (unpaired) electrons. The lowest BCUT2D eigenvalue weighted by atomic mass is 10.0. The van der Waals surface area contributed by atoms with Crippen molar-refractivity contribution in [1.29, 1.82) is 0 Å². The van der Waals surface area contributed by atoms with Crippen molar-refractivity contribution < 1.29 is 9.26 Å². The van der Waals surface area contributed by atoms with E-state index in [1.165, 1.54) is 5.56 Å². The Hall–Kier alpha value is -2.55. The zero-order valence-corrected chi connectivity index (χ0v) is 12.8. The van der Waals surface area contributed by atoms with Crippen molar-refractivity contribution in [3.63, 3.8) is 0 Å². The van der Waals surface area contributed by atoms with Gasteiger partial charge in [0.2, 0.25) is 0 Å². The van der Waals surface area contributed by atoms with Gasteiger partial charge in [0, 0.05) is 11.6 Å². The zero-order valence-electron chi connectivity index (χ0n) is 12.8. The van der Waals surface area contributed by atoms with Gasteiger partial charge in [-0.25, -0.2) is 0 Å². The van der Waals surface area contributed by atoms with Gasteiger partial charge in [0.1, 0.15) is 24.3 Å². The standard InChI is InChI=1S/C19H19NO2/c1-14(2)17-5-3-4-6-19(17)21-13-15-7-9-16(10-8-15)18-11-12-22-20-18/h3-12,14H,13H2,1-2H3. The number of rotatable bonds is 5. The summed E-state index contributed by atoms with van der Waals surface area (Å²) < 4.78 is 10.8. The van der Waals surface area contributed by atoms with Crippen LogP contribution in [0.4, 0.5) is 0 Å². The molecule has 0 saturated carbocycles. The number of aromatic nitrogens is 1. The summed E-state index contributed by atoms with van der Waals surface area (Å²) in [6.07, 6.45) is 1.58. The molecule has 3 aromatic rings. The summed E-state index contributed by atoms with van der Waals surface area (Å²) in [4.78, 5) is 0. The number of para-hydroxylation sites is 1. The van der Waals surface area contributed by atoms with Gasteiger partial charge >= 0.3 is 0 Å². The number of benzene rings is 2. The first kappa shape index (κ1) is 14.4. The van der Waals surface area contributed by atoms with Crippen molar-refractivity contribution >= 4 is 0 Å². The Morgan fingerprint density at radius 3 is 2.45 bits per heavy atom. The molecule has 0 aliphatic carbocycles. The number of ether oxygens (including phenoxy) is 1. The third-order valence-corrected chi connectivity index (χ3v) is 3.62. The Morgan fingerprint density at radius 2 is 1.77 bits per heavy atom. The summed E-state index contributed by atoms with van der Waals surface area (Å²) in [5.41, 5.74) is 4.25. The van der Waals surface area contributed by atoms with Crippen LogP contribution in [0.2, 0.25) is 0 Å². The van der Waals surface area contributed by atoms with E-state index in [4.69, 9.17) is 9.26 Å². The Bertz CT molecular complexity index is 715. The van der Waals surface area contributed by atoms with E-state index >= 15 is 0 Å². The van der Waals surface area contributed by atoms with E-state index in [1.807, 2.05) is 30.3 Å². The molecule has 0 aliphatic rings. The van der Waals surface area contributed by atoms with Crippen LogP contribution in [-0.2, 0) is 6.61 Å². The minimum Gasteiger partial charge on any atom is -0.489 e. The predicted molar refractivity (Wildman–Crippen MR) is 86.8 cm³/mol. The van der Waals surface area contributed by atoms with Crippen LogP contribution in [0.3, 0.4) is 0 Å². The number of hydrogen-bond acceptors (Lipinski definition) is 3. The third-order valence-electron chi connectivity index (χ3n) is 3.62. The Labute approximate surface area is 130 Å². The SMILES string of the molecule is CC(C)c1ccccc1OCc1ccc(-c2ccon2)cc1. The van der Waals surface area contributed by atoms with Crippen LogP contribution in [0.5, 0.6) is 5.75 Å². The Balaban J connectivity index is 1.70. The highest BCUT2D eigenvalue weighted by Gasteiger charge is 2.07. The molecule has 0 amide bonds. The van der Waals surface area contributed by atoms with Crippen molar-refractivity contribution in [1.82, 2.24) is 5.16 Å². The summed E-state index contributed by atoms with van der Waals surface area (Å²) >= 11 is 0. The second-order valence-corrected chi connectivity index (χ2v) is 5.56. The van der Waals surface area contributed by atoms with E-state index in [-0.39, 0.29) is 0 Å². The minimum atomic E-state index is 0.450. The molecular formula is C19H19NO2. The summed E-state index contributed by atoms with van der Waals surface area (Å²) in [7, 11) is 0. The summed E-state index contributed by atoms with van der Waals surface area (Å²) in [5.74, 6) is 1.41. The minimum absolute atomic E-state index is 0.450. The monoisotopic (exact) mass is 293 g/mol. The first-order valence-electron chi connectivity index (χ1n) is 7.45. The molecule has 3 heteroatoms. The van der Waals surface area contributed by atoms with Crippen molar-refractivity contribution in [2.45, 2.75) is 26.4 Å². The second kappa shape index (κ2) is 6.48. The molecule has 1 heterocycles. The maximum atomic E-state index is 5.98. The molecule has 0 aliphatic heterocycles. The van der Waals surface area contributed by atoms with Gasteiger partial charge < -0.3 is 9.26 Å². The molecule has 3 nitrogen and oxygen atoms in total. The first-order valence-corrected chi connectivity index (χ1v) is 7.45. The van der Waals surface area contributed by atoms with Gasteiger partial charge in [-0.2, -0.15) is 0 Å². The van der Waals surface area contributed by atoms with Crippen LogP contribution in [0.15, 0.2) is 65.4 Å². The highest BCUT2D eigenvalue weighted by molar-refractivity contribution is 5.58. The third kappa shape index (κ3) is 3.19. The fourth-order valence-corrected chi connectivity index (χ4v) is 2.38. The van der Waals surface area contributed by atoms with Gasteiger partial charge in [0.25, 0.3) is 0 Å². The molecule has 0 unspecified atom stereocenters. The van der Waals surface area contributed by atoms with E-state index < -0.39 is 0 Å². The molecule has 3 rings (SSSR count).